The van der Waals surface area contributed by atoms with E-state index in [2.05, 4.69) is 26.7 Å². The van der Waals surface area contributed by atoms with E-state index >= 15 is 0 Å². The van der Waals surface area contributed by atoms with Crippen molar-refractivity contribution in [3.8, 4) is 5.75 Å². The number of hydrogen-bond acceptors (Lipinski definition) is 8. The molecule has 238 valence electrons. The van der Waals surface area contributed by atoms with Crippen LogP contribution in [0.1, 0.15) is 73.5 Å². The zero-order valence-electron chi connectivity index (χ0n) is 23.4. The van der Waals surface area contributed by atoms with Gasteiger partial charge in [0.15, 0.2) is 17.2 Å². The molecule has 0 radical (unpaired) electrons. The first-order valence-corrected chi connectivity index (χ1v) is 13.3. The SMILES string of the molecule is C.C=CCOC(=O)c1ccc2c(c1C)CC[C@@H]2NC(=O)c1cc(C(=O)O)nc2c(F)cnn12.NCc1cccc(OC(F)F)c1. The van der Waals surface area contributed by atoms with E-state index in [0.29, 0.717) is 24.9 Å². The molecule has 1 aliphatic rings. The van der Waals surface area contributed by atoms with Crippen molar-refractivity contribution in [2.75, 3.05) is 6.61 Å². The number of aromatic carboxylic acids is 1. The Morgan fingerprint density at radius 2 is 2.00 bits per heavy atom. The summed E-state index contributed by atoms with van der Waals surface area (Å²) < 4.78 is 47.6. The van der Waals surface area contributed by atoms with Crippen LogP contribution in [0, 0.1) is 12.7 Å². The van der Waals surface area contributed by atoms with Crippen molar-refractivity contribution >= 4 is 23.5 Å². The van der Waals surface area contributed by atoms with Crippen molar-refractivity contribution in [2.24, 2.45) is 5.73 Å². The number of carboxylic acid groups (broad SMARTS) is 1. The molecule has 0 spiro atoms. The summed E-state index contributed by atoms with van der Waals surface area (Å²) in [5.41, 5.74) is 8.15. The highest BCUT2D eigenvalue weighted by molar-refractivity contribution is 5.96. The molecule has 2 aromatic carbocycles. The number of fused-ring (bicyclic) bond motifs is 2. The second kappa shape index (κ2) is 15.0. The van der Waals surface area contributed by atoms with Gasteiger partial charge in [0, 0.05) is 12.6 Å². The van der Waals surface area contributed by atoms with Crippen molar-refractivity contribution in [3.63, 3.8) is 0 Å². The topological polar surface area (TPSA) is 158 Å². The molecule has 14 heteroatoms. The van der Waals surface area contributed by atoms with E-state index in [4.69, 9.17) is 10.5 Å². The first kappa shape index (κ1) is 34.3. The first-order valence-electron chi connectivity index (χ1n) is 13.3. The highest BCUT2D eigenvalue weighted by Crippen LogP contribution is 2.35. The monoisotopic (exact) mass is 627 g/mol. The summed E-state index contributed by atoms with van der Waals surface area (Å²) in [6.07, 6.45) is 3.58. The second-order valence-electron chi connectivity index (χ2n) is 9.55. The molecule has 0 saturated carbocycles. The maximum Gasteiger partial charge on any atom is 0.387 e. The minimum Gasteiger partial charge on any atom is -0.477 e. The molecule has 1 amide bonds. The lowest BCUT2D eigenvalue weighted by atomic mass is 9.98. The number of hydrogen-bond donors (Lipinski definition) is 3. The number of carboxylic acids is 1. The van der Waals surface area contributed by atoms with E-state index in [9.17, 15) is 32.7 Å². The fourth-order valence-electron chi connectivity index (χ4n) is 4.75. The lowest BCUT2D eigenvalue weighted by Gasteiger charge is -2.16. The number of benzene rings is 2. The van der Waals surface area contributed by atoms with Crippen LogP contribution in [0.2, 0.25) is 0 Å². The number of amides is 1. The largest absolute Gasteiger partial charge is 0.477 e. The fourth-order valence-corrected chi connectivity index (χ4v) is 4.75. The van der Waals surface area contributed by atoms with E-state index < -0.39 is 36.0 Å². The molecule has 45 heavy (non-hydrogen) atoms. The van der Waals surface area contributed by atoms with Crippen molar-refractivity contribution in [3.05, 3.63) is 106 Å². The summed E-state index contributed by atoms with van der Waals surface area (Å²) in [4.78, 5) is 40.3. The summed E-state index contributed by atoms with van der Waals surface area (Å²) in [7, 11) is 0. The zero-order chi connectivity index (χ0) is 32.0. The predicted molar refractivity (Wildman–Crippen MR) is 158 cm³/mol. The van der Waals surface area contributed by atoms with E-state index in [1.165, 1.54) is 18.2 Å². The van der Waals surface area contributed by atoms with E-state index in [0.717, 1.165) is 39.0 Å². The average Bonchev–Trinajstić information content (AvgIpc) is 3.59. The fraction of sp³-hybridized carbons (Fsp3) is 0.258. The van der Waals surface area contributed by atoms with E-state index in [1.54, 1.807) is 24.3 Å². The van der Waals surface area contributed by atoms with Crippen LogP contribution >= 0.6 is 0 Å². The zero-order valence-corrected chi connectivity index (χ0v) is 23.4. The Labute approximate surface area is 256 Å². The van der Waals surface area contributed by atoms with E-state index in [-0.39, 0.29) is 37.2 Å². The molecule has 2 heterocycles. The van der Waals surface area contributed by atoms with Crippen molar-refractivity contribution < 1.29 is 42.1 Å². The smallest absolute Gasteiger partial charge is 0.387 e. The van der Waals surface area contributed by atoms with Gasteiger partial charge in [-0.2, -0.15) is 13.9 Å². The van der Waals surface area contributed by atoms with Gasteiger partial charge in [0.05, 0.1) is 17.8 Å². The molecule has 2 aromatic heterocycles. The van der Waals surface area contributed by atoms with Crippen molar-refractivity contribution in [1.82, 2.24) is 19.9 Å². The summed E-state index contributed by atoms with van der Waals surface area (Å²) in [5, 5.41) is 15.9. The van der Waals surface area contributed by atoms with Gasteiger partial charge < -0.3 is 25.6 Å². The highest BCUT2D eigenvalue weighted by atomic mass is 19.3. The summed E-state index contributed by atoms with van der Waals surface area (Å²) in [6.45, 7) is 3.00. The van der Waals surface area contributed by atoms with Crippen molar-refractivity contribution in [1.29, 1.82) is 0 Å². The maximum absolute atomic E-state index is 13.9. The number of rotatable bonds is 9. The molecule has 0 fully saturated rings. The number of alkyl halides is 2. The Bertz CT molecular complexity index is 1730. The number of halogens is 3. The van der Waals surface area contributed by atoms with Gasteiger partial charge in [-0.3, -0.25) is 4.79 Å². The van der Waals surface area contributed by atoms with Gasteiger partial charge in [-0.25, -0.2) is 23.5 Å². The molecule has 0 aliphatic heterocycles. The minimum atomic E-state index is -2.78. The number of nitrogens with one attached hydrogen (secondary N) is 1. The summed E-state index contributed by atoms with van der Waals surface area (Å²) >= 11 is 0. The molecule has 1 aliphatic carbocycles. The number of aromatic nitrogens is 3. The van der Waals surface area contributed by atoms with Crippen LogP contribution in [0.15, 0.2) is 61.3 Å². The number of esters is 1. The van der Waals surface area contributed by atoms with Crippen LogP contribution in [-0.4, -0.2) is 50.8 Å². The summed E-state index contributed by atoms with van der Waals surface area (Å²) in [5.74, 6) is -3.14. The molecule has 1 atom stereocenters. The number of nitrogens with zero attached hydrogens (tertiary/aromatic N) is 3. The third-order valence-electron chi connectivity index (χ3n) is 6.79. The summed E-state index contributed by atoms with van der Waals surface area (Å²) in [6, 6.07) is 10.4. The van der Waals surface area contributed by atoms with Gasteiger partial charge in [-0.15, -0.1) is 0 Å². The molecule has 4 aromatic rings. The van der Waals surface area contributed by atoms with Crippen LogP contribution in [0.25, 0.3) is 5.65 Å². The Kier molecular flexibility index (Phi) is 11.4. The Hall–Kier alpha value is -5.24. The number of ether oxygens (including phenoxy) is 2. The molecule has 5 rings (SSSR count). The molecule has 0 bridgehead atoms. The van der Waals surface area contributed by atoms with Gasteiger partial charge in [0.25, 0.3) is 5.91 Å². The molecule has 4 N–H and O–H groups in total. The maximum atomic E-state index is 13.9. The highest BCUT2D eigenvalue weighted by Gasteiger charge is 2.29. The van der Waals surface area contributed by atoms with Gasteiger partial charge in [0.1, 0.15) is 18.1 Å². The van der Waals surface area contributed by atoms with Crippen molar-refractivity contribution in [2.45, 2.75) is 46.4 Å². The van der Waals surface area contributed by atoms with Crippen LogP contribution in [0.5, 0.6) is 5.75 Å². The number of carbonyl (C=O) groups is 3. The Morgan fingerprint density at radius 3 is 2.67 bits per heavy atom. The quantitative estimate of drug-likeness (QED) is 0.171. The lowest BCUT2D eigenvalue weighted by Crippen LogP contribution is -2.29. The molecular weight excluding hydrogens is 595 g/mol. The van der Waals surface area contributed by atoms with Gasteiger partial charge in [-0.1, -0.05) is 38.3 Å². The number of nitrogens with two attached hydrogens (primary N) is 1. The molecule has 0 unspecified atom stereocenters. The normalized spacial score (nSPS) is 13.2. The standard InChI is InChI=1S/C22H19FN4O5.C8H9F2NO.CH4/c1-3-8-32-22(31)13-4-5-14-12(11(13)2)6-7-16(14)26-20(28)18-9-17(21(29)30)25-19-15(23)10-24-27(18)19;9-8(10)12-7-3-1-2-6(4-7)5-11;/h3-5,9-10,16H,1,6-8H2,2H3,(H,26,28)(H,29,30);1-4,8H,5,11H2;1H4/t16-;;/m0../s1. The van der Waals surface area contributed by atoms with Crippen LogP contribution in [0.3, 0.4) is 0 Å². The Morgan fingerprint density at radius 1 is 1.24 bits per heavy atom. The average molecular weight is 628 g/mol. The van der Waals surface area contributed by atoms with E-state index in [1.807, 2.05) is 6.92 Å². The predicted octanol–water partition coefficient (Wildman–Crippen LogP) is 5.02. The molecular formula is C31H32F3N5O6. The first-order chi connectivity index (χ1) is 21.0. The number of carbonyl (C=O) groups excluding carboxylic acids is 2. The van der Waals surface area contributed by atoms with Crippen LogP contribution in [0.4, 0.5) is 13.2 Å². The third kappa shape index (κ3) is 7.84. The lowest BCUT2D eigenvalue weighted by molar-refractivity contribution is -0.0499. The van der Waals surface area contributed by atoms with Gasteiger partial charge in [-0.05, 0) is 60.2 Å². The van der Waals surface area contributed by atoms with Gasteiger partial charge in [0.2, 0.25) is 0 Å². The Balaban J connectivity index is 0.000000359. The molecule has 0 saturated heterocycles. The minimum absolute atomic E-state index is 0. The molecule has 11 nitrogen and oxygen atoms in total. The van der Waals surface area contributed by atoms with Gasteiger partial charge >= 0.3 is 18.6 Å². The second-order valence-corrected chi connectivity index (χ2v) is 9.55. The third-order valence-corrected chi connectivity index (χ3v) is 6.79. The van der Waals surface area contributed by atoms with Crippen LogP contribution in [-0.2, 0) is 17.7 Å². The van der Waals surface area contributed by atoms with Crippen LogP contribution < -0.4 is 15.8 Å².